The highest BCUT2D eigenvalue weighted by Gasteiger charge is 2.15. The van der Waals surface area contributed by atoms with Crippen molar-refractivity contribution < 1.29 is 9.53 Å². The average molecular weight is 251 g/mol. The molecule has 0 saturated heterocycles. The number of carbonyl (C=O) groups excluding carboxylic acids is 1. The lowest BCUT2D eigenvalue weighted by molar-refractivity contribution is -0.142. The molecule has 0 aliphatic carbocycles. The van der Waals surface area contributed by atoms with Crippen molar-refractivity contribution in [3.63, 3.8) is 0 Å². The van der Waals surface area contributed by atoms with E-state index in [1.165, 1.54) is 7.11 Å². The lowest BCUT2D eigenvalue weighted by Crippen LogP contribution is -2.33. The van der Waals surface area contributed by atoms with E-state index in [1.807, 2.05) is 0 Å². The second kappa shape index (κ2) is 6.61. The van der Waals surface area contributed by atoms with E-state index in [1.54, 1.807) is 18.5 Å². The summed E-state index contributed by atoms with van der Waals surface area (Å²) in [5.74, 6) is -0.454. The standard InChI is InChI=1S/C9H11ClN2O2.ClH/c1-14-9(13)8(11)4-6-5-12-3-2-7(6)10;/h2-3,5,8H,4,11H2,1H3;1H/t8-;/m1./s1. The Bertz CT molecular complexity index is 334. The van der Waals surface area contributed by atoms with Gasteiger partial charge in [-0.3, -0.25) is 9.78 Å². The van der Waals surface area contributed by atoms with Crippen LogP contribution in [0.3, 0.4) is 0 Å². The Hall–Kier alpha value is -0.840. The number of carbonyl (C=O) groups is 1. The number of hydrogen-bond acceptors (Lipinski definition) is 4. The number of esters is 1. The fourth-order valence-corrected chi connectivity index (χ4v) is 1.21. The molecule has 0 aliphatic heterocycles. The third-order valence-electron chi connectivity index (χ3n) is 1.79. The highest BCUT2D eigenvalue weighted by atomic mass is 35.5. The zero-order valence-electron chi connectivity index (χ0n) is 8.14. The van der Waals surface area contributed by atoms with Crippen molar-refractivity contribution in [1.82, 2.24) is 4.98 Å². The molecule has 15 heavy (non-hydrogen) atoms. The molecular formula is C9H12Cl2N2O2. The Morgan fingerprint density at radius 2 is 2.40 bits per heavy atom. The van der Waals surface area contributed by atoms with Crippen LogP contribution >= 0.6 is 24.0 Å². The van der Waals surface area contributed by atoms with E-state index >= 15 is 0 Å². The molecule has 1 atom stereocenters. The monoisotopic (exact) mass is 250 g/mol. The minimum atomic E-state index is -0.693. The van der Waals surface area contributed by atoms with E-state index in [4.69, 9.17) is 17.3 Å². The molecule has 4 nitrogen and oxygen atoms in total. The van der Waals surface area contributed by atoms with Gasteiger partial charge in [0.2, 0.25) is 0 Å². The quantitative estimate of drug-likeness (QED) is 0.820. The molecule has 1 heterocycles. The van der Waals surface area contributed by atoms with Crippen molar-refractivity contribution in [1.29, 1.82) is 0 Å². The van der Waals surface area contributed by atoms with Crippen LogP contribution in [0.1, 0.15) is 5.56 Å². The van der Waals surface area contributed by atoms with Crippen LogP contribution in [0.15, 0.2) is 18.5 Å². The van der Waals surface area contributed by atoms with Crippen LogP contribution in [-0.2, 0) is 16.0 Å². The first-order valence-electron chi connectivity index (χ1n) is 4.07. The molecule has 0 unspecified atom stereocenters. The summed E-state index contributed by atoms with van der Waals surface area (Å²) in [5.41, 5.74) is 6.31. The van der Waals surface area contributed by atoms with E-state index in [9.17, 15) is 4.79 Å². The largest absolute Gasteiger partial charge is 0.468 e. The number of halogens is 2. The van der Waals surface area contributed by atoms with Crippen LogP contribution in [0.2, 0.25) is 5.02 Å². The number of methoxy groups -OCH3 is 1. The second-order valence-electron chi connectivity index (χ2n) is 2.80. The molecular weight excluding hydrogens is 239 g/mol. The van der Waals surface area contributed by atoms with Crippen molar-refractivity contribution >= 4 is 30.0 Å². The third-order valence-corrected chi connectivity index (χ3v) is 2.16. The van der Waals surface area contributed by atoms with Crippen LogP contribution in [0.5, 0.6) is 0 Å². The van der Waals surface area contributed by atoms with Gasteiger partial charge >= 0.3 is 5.97 Å². The van der Waals surface area contributed by atoms with Gasteiger partial charge in [0.15, 0.2) is 0 Å². The number of pyridine rings is 1. The molecule has 0 aliphatic rings. The molecule has 1 aromatic heterocycles. The highest BCUT2D eigenvalue weighted by molar-refractivity contribution is 6.31. The summed E-state index contributed by atoms with van der Waals surface area (Å²) in [4.78, 5) is 14.9. The van der Waals surface area contributed by atoms with Gasteiger partial charge in [-0.1, -0.05) is 11.6 Å². The summed E-state index contributed by atoms with van der Waals surface area (Å²) in [6, 6.07) is 0.961. The molecule has 0 spiro atoms. The molecule has 1 aromatic rings. The third kappa shape index (κ3) is 4.03. The molecule has 84 valence electrons. The Morgan fingerprint density at radius 3 is 2.93 bits per heavy atom. The fourth-order valence-electron chi connectivity index (χ4n) is 1.03. The van der Waals surface area contributed by atoms with E-state index in [0.717, 1.165) is 5.56 Å². The van der Waals surface area contributed by atoms with E-state index in [2.05, 4.69) is 9.72 Å². The maximum absolute atomic E-state index is 11.0. The number of aromatic nitrogens is 1. The number of hydrogen-bond donors (Lipinski definition) is 1. The molecule has 0 bridgehead atoms. The molecule has 2 N–H and O–H groups in total. The fraction of sp³-hybridized carbons (Fsp3) is 0.333. The van der Waals surface area contributed by atoms with Crippen molar-refractivity contribution in [2.75, 3.05) is 7.11 Å². The summed E-state index contributed by atoms with van der Waals surface area (Å²) in [5, 5.41) is 0.555. The zero-order chi connectivity index (χ0) is 10.6. The first kappa shape index (κ1) is 14.2. The molecule has 0 radical (unpaired) electrons. The van der Waals surface area contributed by atoms with Gasteiger partial charge in [0.25, 0.3) is 0 Å². The second-order valence-corrected chi connectivity index (χ2v) is 3.21. The van der Waals surface area contributed by atoms with E-state index in [-0.39, 0.29) is 12.4 Å². The Morgan fingerprint density at radius 1 is 1.73 bits per heavy atom. The number of ether oxygens (including phenoxy) is 1. The predicted octanol–water partition coefficient (Wildman–Crippen LogP) is 1.20. The van der Waals surface area contributed by atoms with E-state index in [0.29, 0.717) is 11.4 Å². The van der Waals surface area contributed by atoms with Gasteiger partial charge < -0.3 is 10.5 Å². The van der Waals surface area contributed by atoms with Gasteiger partial charge in [-0.25, -0.2) is 0 Å². The summed E-state index contributed by atoms with van der Waals surface area (Å²) in [7, 11) is 1.30. The smallest absolute Gasteiger partial charge is 0.322 e. The summed E-state index contributed by atoms with van der Waals surface area (Å²) >= 11 is 5.87. The normalized spacial score (nSPS) is 11.4. The van der Waals surface area contributed by atoms with Gasteiger partial charge in [0.05, 0.1) is 7.11 Å². The predicted molar refractivity (Wildman–Crippen MR) is 60.2 cm³/mol. The van der Waals surface area contributed by atoms with Crippen LogP contribution in [0, 0.1) is 0 Å². The van der Waals surface area contributed by atoms with Crippen molar-refractivity contribution in [2.45, 2.75) is 12.5 Å². The first-order chi connectivity index (χ1) is 6.65. The molecule has 0 fully saturated rings. The van der Waals surface area contributed by atoms with Gasteiger partial charge in [-0.15, -0.1) is 12.4 Å². The zero-order valence-corrected chi connectivity index (χ0v) is 9.72. The molecule has 0 saturated carbocycles. The van der Waals surface area contributed by atoms with Crippen LogP contribution in [0.4, 0.5) is 0 Å². The lowest BCUT2D eigenvalue weighted by atomic mass is 10.1. The highest BCUT2D eigenvalue weighted by Crippen LogP contribution is 2.14. The number of nitrogens with two attached hydrogens (primary N) is 1. The minimum absolute atomic E-state index is 0. The van der Waals surface area contributed by atoms with Gasteiger partial charge in [0, 0.05) is 23.8 Å². The average Bonchev–Trinajstić information content (AvgIpc) is 2.20. The molecule has 6 heteroatoms. The van der Waals surface area contributed by atoms with Crippen molar-refractivity contribution in [2.24, 2.45) is 5.73 Å². The molecule has 0 amide bonds. The van der Waals surface area contributed by atoms with Crippen molar-refractivity contribution in [3.8, 4) is 0 Å². The summed E-state index contributed by atoms with van der Waals surface area (Å²) in [6.45, 7) is 0. The lowest BCUT2D eigenvalue weighted by Gasteiger charge is -2.09. The van der Waals surface area contributed by atoms with Crippen LogP contribution in [0.25, 0.3) is 0 Å². The number of rotatable bonds is 3. The Kier molecular flexibility index (Phi) is 6.24. The van der Waals surface area contributed by atoms with Crippen LogP contribution in [-0.4, -0.2) is 24.1 Å². The van der Waals surface area contributed by atoms with Gasteiger partial charge in [0.1, 0.15) is 6.04 Å². The van der Waals surface area contributed by atoms with Gasteiger partial charge in [-0.2, -0.15) is 0 Å². The first-order valence-corrected chi connectivity index (χ1v) is 4.44. The maximum Gasteiger partial charge on any atom is 0.322 e. The number of nitrogens with zero attached hydrogens (tertiary/aromatic N) is 1. The van der Waals surface area contributed by atoms with Gasteiger partial charge in [-0.05, 0) is 11.6 Å². The minimum Gasteiger partial charge on any atom is -0.468 e. The topological polar surface area (TPSA) is 65.2 Å². The summed E-state index contributed by atoms with van der Waals surface area (Å²) < 4.78 is 4.50. The van der Waals surface area contributed by atoms with Crippen LogP contribution < -0.4 is 5.73 Å². The molecule has 0 aromatic carbocycles. The van der Waals surface area contributed by atoms with E-state index < -0.39 is 12.0 Å². The Labute approximate surface area is 99.2 Å². The van der Waals surface area contributed by atoms with Crippen molar-refractivity contribution in [3.05, 3.63) is 29.0 Å². The molecule has 1 rings (SSSR count). The summed E-state index contributed by atoms with van der Waals surface area (Å²) in [6.07, 6.45) is 3.50. The SMILES string of the molecule is COC(=O)[C@H](N)Cc1cnccc1Cl.Cl. The maximum atomic E-state index is 11.0. The Balaban J connectivity index is 0.00000196.